The van der Waals surface area contributed by atoms with E-state index in [1.54, 1.807) is 69.3 Å². The molecule has 3 atom stereocenters. The lowest BCUT2D eigenvalue weighted by molar-refractivity contribution is -0.384. The van der Waals surface area contributed by atoms with Crippen LogP contribution in [0.25, 0.3) is 0 Å². The Morgan fingerprint density at radius 3 is 2.44 bits per heavy atom. The highest BCUT2D eigenvalue weighted by Gasteiger charge is 2.51. The van der Waals surface area contributed by atoms with E-state index in [1.807, 2.05) is 0 Å². The molecule has 2 aliphatic rings. The first kappa shape index (κ1) is 37.5. The number of non-ortho nitro benzene ring substituents is 1. The Kier molecular flexibility index (Phi) is 11.0. The number of fused-ring (bicyclic) bond motifs is 1. The van der Waals surface area contributed by atoms with Crippen LogP contribution in [0.1, 0.15) is 74.0 Å². The first-order valence-corrected chi connectivity index (χ1v) is 17.0. The molecule has 1 aliphatic heterocycles. The van der Waals surface area contributed by atoms with Crippen LogP contribution < -0.4 is 10.1 Å². The van der Waals surface area contributed by atoms with Gasteiger partial charge in [0.1, 0.15) is 40.7 Å². The van der Waals surface area contributed by atoms with Crippen molar-refractivity contribution in [1.29, 1.82) is 0 Å². The number of rotatable bonds is 11. The van der Waals surface area contributed by atoms with Gasteiger partial charge in [0.2, 0.25) is 5.91 Å². The summed E-state index contributed by atoms with van der Waals surface area (Å²) in [4.78, 5) is 78.7. The Bertz CT molecular complexity index is 1890. The molecule has 1 heterocycles. The number of benzene rings is 3. The Hall–Kier alpha value is -5.79. The lowest BCUT2D eigenvalue weighted by Gasteiger charge is -2.36. The highest BCUT2D eigenvalue weighted by atomic mass is 16.6. The van der Waals surface area contributed by atoms with Gasteiger partial charge in [0, 0.05) is 18.7 Å². The number of aliphatic carboxylic acids is 1. The number of ketones is 1. The van der Waals surface area contributed by atoms with E-state index in [9.17, 15) is 39.2 Å². The first-order chi connectivity index (χ1) is 24.6. The number of nitro groups is 1. The Morgan fingerprint density at radius 2 is 1.77 bits per heavy atom. The van der Waals surface area contributed by atoms with Crippen LogP contribution in [-0.2, 0) is 43.3 Å². The normalized spacial score (nSPS) is 18.8. The molecule has 0 spiro atoms. The highest BCUT2D eigenvalue weighted by molar-refractivity contribution is 6.07. The zero-order chi connectivity index (χ0) is 37.8. The maximum Gasteiger partial charge on any atom is 0.410 e. The fraction of sp³-hybridized carbons (Fsp3) is 0.395. The highest BCUT2D eigenvalue weighted by Crippen LogP contribution is 2.43. The van der Waals surface area contributed by atoms with E-state index >= 15 is 0 Å². The van der Waals surface area contributed by atoms with Gasteiger partial charge in [0.25, 0.3) is 5.69 Å². The number of hydrogen-bond acceptors (Lipinski definition) is 10. The molecule has 0 aromatic heterocycles. The molecule has 52 heavy (non-hydrogen) atoms. The molecule has 14 nitrogen and oxygen atoms in total. The molecule has 274 valence electrons. The molecule has 14 heteroatoms. The number of nitrogens with zero attached hydrogens (tertiary/aromatic N) is 2. The topological polar surface area (TPSA) is 192 Å². The minimum absolute atomic E-state index is 0.0557. The number of carbonyl (C=O) groups is 5. The fourth-order valence-electron chi connectivity index (χ4n) is 6.55. The summed E-state index contributed by atoms with van der Waals surface area (Å²) in [5, 5.41) is 24.8. The van der Waals surface area contributed by atoms with Gasteiger partial charge in [-0.15, -0.1) is 0 Å². The van der Waals surface area contributed by atoms with Crippen LogP contribution in [0.4, 0.5) is 10.5 Å². The molecule has 3 aromatic carbocycles. The van der Waals surface area contributed by atoms with Crippen LogP contribution in [-0.4, -0.2) is 68.9 Å². The van der Waals surface area contributed by atoms with Gasteiger partial charge in [-0.05, 0) is 88.6 Å². The molecule has 0 unspecified atom stereocenters. The second-order valence-electron chi connectivity index (χ2n) is 14.0. The van der Waals surface area contributed by atoms with Crippen molar-refractivity contribution in [3.05, 3.63) is 99.1 Å². The van der Waals surface area contributed by atoms with Crippen LogP contribution in [0, 0.1) is 15.5 Å². The Morgan fingerprint density at radius 1 is 1.04 bits per heavy atom. The molecule has 0 radical (unpaired) electrons. The zero-order valence-corrected chi connectivity index (χ0v) is 29.4. The molecule has 1 aliphatic carbocycles. The van der Waals surface area contributed by atoms with Crippen LogP contribution in [0.2, 0.25) is 0 Å². The van der Waals surface area contributed by atoms with E-state index in [0.29, 0.717) is 36.1 Å². The van der Waals surface area contributed by atoms with Gasteiger partial charge < -0.3 is 24.6 Å². The molecule has 0 bridgehead atoms. The number of aryl methyl sites for hydroxylation is 1. The molecule has 3 aromatic rings. The van der Waals surface area contributed by atoms with Crippen molar-refractivity contribution in [3.63, 3.8) is 0 Å². The van der Waals surface area contributed by atoms with Crippen molar-refractivity contribution in [2.75, 3.05) is 6.54 Å². The third-order valence-corrected chi connectivity index (χ3v) is 9.17. The van der Waals surface area contributed by atoms with Gasteiger partial charge in [-0.1, -0.05) is 42.5 Å². The number of amides is 2. The van der Waals surface area contributed by atoms with Crippen molar-refractivity contribution in [2.45, 2.75) is 84.1 Å². The quantitative estimate of drug-likeness (QED) is 0.106. The van der Waals surface area contributed by atoms with Crippen molar-refractivity contribution in [2.24, 2.45) is 5.41 Å². The molecular weight excluding hydrogens is 674 g/mol. The largest absolute Gasteiger partial charge is 0.480 e. The van der Waals surface area contributed by atoms with E-state index < -0.39 is 57.7 Å². The Labute approximate surface area is 300 Å². The smallest absolute Gasteiger partial charge is 0.410 e. The predicted molar refractivity (Wildman–Crippen MR) is 186 cm³/mol. The van der Waals surface area contributed by atoms with Crippen LogP contribution in [0.15, 0.2) is 66.7 Å². The van der Waals surface area contributed by atoms with E-state index in [0.717, 1.165) is 6.07 Å². The van der Waals surface area contributed by atoms with Gasteiger partial charge in [0.15, 0.2) is 5.78 Å². The molecule has 0 saturated carbocycles. The first-order valence-electron chi connectivity index (χ1n) is 17.0. The van der Waals surface area contributed by atoms with Gasteiger partial charge in [0.05, 0.1) is 11.0 Å². The average Bonchev–Trinajstić information content (AvgIpc) is 3.61. The third kappa shape index (κ3) is 8.22. The van der Waals surface area contributed by atoms with Gasteiger partial charge in [-0.3, -0.25) is 29.4 Å². The number of nitrogens with one attached hydrogen (secondary N) is 1. The van der Waals surface area contributed by atoms with E-state index in [-0.39, 0.29) is 48.6 Å². The number of carboxylic acid groups (broad SMARTS) is 1. The van der Waals surface area contributed by atoms with Crippen LogP contribution in [0.3, 0.4) is 0 Å². The number of carboxylic acids is 1. The maximum absolute atomic E-state index is 14.1. The van der Waals surface area contributed by atoms with Crippen LogP contribution >= 0.6 is 0 Å². The SMILES string of the molecule is C[C@H](NC(=O)[C@@H]1CCCN1C(=O)OC(C)(C)C)C(=O)[C@]1(C(=O)O)CCc2cccc(Oc3ccc([N+](=O)[O-])cc3C(=O)OCc3ccccc3)c2C1. The summed E-state index contributed by atoms with van der Waals surface area (Å²) < 4.78 is 17.1. The molecular formula is C38H41N3O11. The summed E-state index contributed by atoms with van der Waals surface area (Å²) in [6.07, 6.45) is 0.102. The second kappa shape index (κ2) is 15.2. The monoisotopic (exact) mass is 715 g/mol. The molecule has 1 saturated heterocycles. The standard InChI is InChI=1S/C38H41N3O11/c1-23(39-33(43)29-13-9-19-40(29)36(47)52-37(2,3)4)32(42)38(35(45)46)18-17-25-12-8-14-30(28(25)21-38)51-31-16-15-26(41(48)49)20-27(31)34(44)50-22-24-10-6-5-7-11-24/h5-8,10-12,14-16,20,23,29H,9,13,17-19,21-22H2,1-4H3,(H,39,43)(H,45,46)/t23-,29-,38-/m0/s1. The molecule has 2 amide bonds. The van der Waals surface area contributed by atoms with Crippen molar-refractivity contribution in [3.8, 4) is 11.5 Å². The van der Waals surface area contributed by atoms with E-state index in [4.69, 9.17) is 14.2 Å². The van der Waals surface area contributed by atoms with Gasteiger partial charge in [-0.2, -0.15) is 0 Å². The second-order valence-corrected chi connectivity index (χ2v) is 14.0. The van der Waals surface area contributed by atoms with Gasteiger partial charge in [-0.25, -0.2) is 9.59 Å². The lowest BCUT2D eigenvalue weighted by atomic mass is 9.67. The van der Waals surface area contributed by atoms with Gasteiger partial charge >= 0.3 is 18.0 Å². The van der Waals surface area contributed by atoms with Crippen LogP contribution in [0.5, 0.6) is 11.5 Å². The zero-order valence-electron chi connectivity index (χ0n) is 29.4. The number of ether oxygens (including phenoxy) is 3. The molecule has 1 fully saturated rings. The number of carbonyl (C=O) groups excluding carboxylic acids is 4. The van der Waals surface area contributed by atoms with E-state index in [1.165, 1.54) is 24.0 Å². The molecule has 5 rings (SSSR count). The summed E-state index contributed by atoms with van der Waals surface area (Å²) >= 11 is 0. The van der Waals surface area contributed by atoms with Crippen molar-refractivity contribution < 1.29 is 48.2 Å². The average molecular weight is 716 g/mol. The Balaban J connectivity index is 1.38. The van der Waals surface area contributed by atoms with Crippen molar-refractivity contribution in [1.82, 2.24) is 10.2 Å². The minimum Gasteiger partial charge on any atom is -0.480 e. The van der Waals surface area contributed by atoms with E-state index in [2.05, 4.69) is 5.32 Å². The summed E-state index contributed by atoms with van der Waals surface area (Å²) in [7, 11) is 0. The summed E-state index contributed by atoms with van der Waals surface area (Å²) in [6.45, 7) is 6.77. The summed E-state index contributed by atoms with van der Waals surface area (Å²) in [5.74, 6) is -3.49. The number of esters is 1. The predicted octanol–water partition coefficient (Wildman–Crippen LogP) is 5.78. The number of likely N-dealkylation sites (tertiary alicyclic amines) is 1. The number of nitro benzene ring substituents is 1. The maximum atomic E-state index is 14.1. The summed E-state index contributed by atoms with van der Waals surface area (Å²) in [6, 6.07) is 15.2. The minimum atomic E-state index is -1.95. The third-order valence-electron chi connectivity index (χ3n) is 9.17. The fourth-order valence-corrected chi connectivity index (χ4v) is 6.55. The lowest BCUT2D eigenvalue weighted by Crippen LogP contribution is -2.55. The summed E-state index contributed by atoms with van der Waals surface area (Å²) in [5.41, 5.74) is -1.50. The molecule has 2 N–H and O–H groups in total. The van der Waals surface area contributed by atoms with Crippen molar-refractivity contribution >= 4 is 35.4 Å². The number of Topliss-reactive ketones (excluding diaryl/α,β-unsaturated/α-hetero) is 1. The number of hydrogen-bond donors (Lipinski definition) is 2.